The van der Waals surface area contributed by atoms with Gasteiger partial charge in [-0.1, -0.05) is 6.07 Å². The fourth-order valence-corrected chi connectivity index (χ4v) is 3.36. The average molecular weight is 337 g/mol. The summed E-state index contributed by atoms with van der Waals surface area (Å²) in [5, 5.41) is 3.31. The predicted molar refractivity (Wildman–Crippen MR) is 89.3 cm³/mol. The maximum Gasteiger partial charge on any atom is 0.0511 e. The van der Waals surface area contributed by atoms with E-state index in [0.717, 1.165) is 11.8 Å². The molecule has 2 saturated carbocycles. The number of nitrogens with one attached hydrogen (secondary N) is 1. The van der Waals surface area contributed by atoms with Gasteiger partial charge < -0.3 is 10.2 Å². The van der Waals surface area contributed by atoms with Crippen LogP contribution in [-0.4, -0.2) is 20.1 Å². The smallest absolute Gasteiger partial charge is 0.0511 e. The van der Waals surface area contributed by atoms with Crippen LogP contribution in [0.2, 0.25) is 0 Å². The molecule has 2 fully saturated rings. The van der Waals surface area contributed by atoms with Gasteiger partial charge in [-0.3, -0.25) is 0 Å². The molecule has 0 heterocycles. The molecule has 0 spiro atoms. The largest absolute Gasteiger partial charge is 0.370 e. The van der Waals surface area contributed by atoms with Crippen LogP contribution in [0.4, 0.5) is 5.69 Å². The molecule has 0 aliphatic heterocycles. The van der Waals surface area contributed by atoms with Crippen LogP contribution in [0.1, 0.15) is 44.2 Å². The van der Waals surface area contributed by atoms with Crippen molar-refractivity contribution in [2.45, 2.75) is 38.6 Å². The van der Waals surface area contributed by atoms with E-state index in [0.29, 0.717) is 6.04 Å². The van der Waals surface area contributed by atoms with Crippen molar-refractivity contribution in [2.75, 3.05) is 25.0 Å². The normalized spacial score (nSPS) is 19.9. The van der Waals surface area contributed by atoms with Crippen molar-refractivity contribution >= 4 is 21.6 Å². The van der Waals surface area contributed by atoms with E-state index in [-0.39, 0.29) is 0 Å². The van der Waals surface area contributed by atoms with Gasteiger partial charge >= 0.3 is 0 Å². The van der Waals surface area contributed by atoms with E-state index in [4.69, 9.17) is 0 Å². The van der Waals surface area contributed by atoms with Gasteiger partial charge in [0.1, 0.15) is 0 Å². The highest BCUT2D eigenvalue weighted by Crippen LogP contribution is 2.38. The molecule has 3 rings (SSSR count). The Hall–Kier alpha value is -0.540. The number of nitrogens with zero attached hydrogens (tertiary/aromatic N) is 1. The maximum atomic E-state index is 3.80. The van der Waals surface area contributed by atoms with Crippen molar-refractivity contribution in [3.63, 3.8) is 0 Å². The summed E-state index contributed by atoms with van der Waals surface area (Å²) in [6.07, 6.45) is 5.70. The molecule has 2 aliphatic rings. The molecule has 1 aromatic rings. The Morgan fingerprint density at radius 2 is 1.80 bits per heavy atom. The lowest BCUT2D eigenvalue weighted by atomic mass is 10.1. The van der Waals surface area contributed by atoms with Crippen LogP contribution in [0.15, 0.2) is 22.7 Å². The van der Waals surface area contributed by atoms with Gasteiger partial charge in [-0.05, 0) is 85.1 Å². The van der Waals surface area contributed by atoms with E-state index in [1.54, 1.807) is 0 Å². The molecule has 1 aromatic carbocycles. The minimum atomic E-state index is 0.403. The first kappa shape index (κ1) is 14.4. The summed E-state index contributed by atoms with van der Waals surface area (Å²) in [6, 6.07) is 7.26. The van der Waals surface area contributed by atoms with Crippen LogP contribution in [-0.2, 0) is 0 Å². The van der Waals surface area contributed by atoms with E-state index >= 15 is 0 Å². The van der Waals surface area contributed by atoms with Crippen molar-refractivity contribution < 1.29 is 0 Å². The Balaban J connectivity index is 1.77. The number of rotatable bonds is 7. The summed E-state index contributed by atoms with van der Waals surface area (Å²) in [4.78, 5) is 2.62. The standard InChI is InChI=1S/C17H25BrN2/c1-12(19-2)15-7-8-17(16(18)9-15)20(10-13-3-4-13)11-14-5-6-14/h7-9,12-14,19H,3-6,10-11H2,1-2H3. The average Bonchev–Trinajstić information content (AvgIpc) is 3.32. The van der Waals surface area contributed by atoms with Crippen molar-refractivity contribution in [2.24, 2.45) is 11.8 Å². The summed E-state index contributed by atoms with van der Waals surface area (Å²) in [7, 11) is 2.01. The van der Waals surface area contributed by atoms with Gasteiger partial charge in [0.05, 0.1) is 5.69 Å². The van der Waals surface area contributed by atoms with Crippen LogP contribution >= 0.6 is 15.9 Å². The molecule has 20 heavy (non-hydrogen) atoms. The zero-order valence-electron chi connectivity index (χ0n) is 12.5. The molecule has 0 amide bonds. The van der Waals surface area contributed by atoms with E-state index in [2.05, 4.69) is 51.3 Å². The van der Waals surface area contributed by atoms with E-state index in [1.165, 1.54) is 54.5 Å². The highest BCUT2D eigenvalue weighted by molar-refractivity contribution is 9.10. The molecule has 1 unspecified atom stereocenters. The van der Waals surface area contributed by atoms with Crippen LogP contribution in [0.25, 0.3) is 0 Å². The topological polar surface area (TPSA) is 15.3 Å². The molecule has 1 atom stereocenters. The minimum Gasteiger partial charge on any atom is -0.370 e. The Kier molecular flexibility index (Phi) is 4.37. The molecule has 1 N–H and O–H groups in total. The monoisotopic (exact) mass is 336 g/mol. The Morgan fingerprint density at radius 3 is 2.25 bits per heavy atom. The summed E-state index contributed by atoms with van der Waals surface area (Å²) in [5.74, 6) is 1.88. The number of hydrogen-bond acceptors (Lipinski definition) is 2. The molecule has 2 nitrogen and oxygen atoms in total. The van der Waals surface area contributed by atoms with Crippen molar-refractivity contribution in [3.05, 3.63) is 28.2 Å². The Morgan fingerprint density at radius 1 is 1.20 bits per heavy atom. The number of anilines is 1. The van der Waals surface area contributed by atoms with Gasteiger partial charge in [-0.2, -0.15) is 0 Å². The second-order valence-electron chi connectivity index (χ2n) is 6.51. The summed E-state index contributed by atoms with van der Waals surface area (Å²) < 4.78 is 1.25. The van der Waals surface area contributed by atoms with Gasteiger partial charge in [-0.15, -0.1) is 0 Å². The van der Waals surface area contributed by atoms with E-state index in [1.807, 2.05) is 7.05 Å². The lowest BCUT2D eigenvalue weighted by Gasteiger charge is -2.27. The number of benzene rings is 1. The van der Waals surface area contributed by atoms with Crippen LogP contribution in [0.5, 0.6) is 0 Å². The highest BCUT2D eigenvalue weighted by atomic mass is 79.9. The van der Waals surface area contributed by atoms with E-state index in [9.17, 15) is 0 Å². The predicted octanol–water partition coefficient (Wildman–Crippen LogP) is 4.36. The second kappa shape index (κ2) is 6.07. The van der Waals surface area contributed by atoms with E-state index < -0.39 is 0 Å². The third-order valence-electron chi connectivity index (χ3n) is 4.60. The van der Waals surface area contributed by atoms with Crippen LogP contribution < -0.4 is 10.2 Å². The first-order valence-electron chi connectivity index (χ1n) is 7.89. The molecule has 3 heteroatoms. The molecule has 110 valence electrons. The van der Waals surface area contributed by atoms with Crippen LogP contribution in [0, 0.1) is 11.8 Å². The van der Waals surface area contributed by atoms with Crippen molar-refractivity contribution in [3.8, 4) is 0 Å². The highest BCUT2D eigenvalue weighted by Gasteiger charge is 2.30. The quantitative estimate of drug-likeness (QED) is 0.795. The fraction of sp³-hybridized carbons (Fsp3) is 0.647. The second-order valence-corrected chi connectivity index (χ2v) is 7.37. The van der Waals surface area contributed by atoms with Gasteiger partial charge in [0.25, 0.3) is 0 Å². The molecule has 0 saturated heterocycles. The first-order chi connectivity index (χ1) is 9.67. The SMILES string of the molecule is CNC(C)c1ccc(N(CC2CC2)CC2CC2)c(Br)c1. The third-order valence-corrected chi connectivity index (χ3v) is 5.23. The molecule has 0 radical (unpaired) electrons. The lowest BCUT2D eigenvalue weighted by Crippen LogP contribution is -2.28. The van der Waals surface area contributed by atoms with Crippen molar-refractivity contribution in [1.82, 2.24) is 5.32 Å². The summed E-state index contributed by atoms with van der Waals surface area (Å²) >= 11 is 3.80. The Labute approximate surface area is 131 Å². The van der Waals surface area contributed by atoms with Gasteiger partial charge in [0.15, 0.2) is 0 Å². The maximum absolute atomic E-state index is 3.80. The zero-order valence-corrected chi connectivity index (χ0v) is 14.1. The summed E-state index contributed by atoms with van der Waals surface area (Å²) in [5.41, 5.74) is 2.73. The Bertz CT molecular complexity index is 452. The molecular weight excluding hydrogens is 312 g/mol. The molecule has 0 bridgehead atoms. The summed E-state index contributed by atoms with van der Waals surface area (Å²) in [6.45, 7) is 4.69. The third kappa shape index (κ3) is 3.56. The van der Waals surface area contributed by atoms with Gasteiger partial charge in [0, 0.05) is 23.6 Å². The van der Waals surface area contributed by atoms with Crippen molar-refractivity contribution in [1.29, 1.82) is 0 Å². The number of hydrogen-bond donors (Lipinski definition) is 1. The van der Waals surface area contributed by atoms with Gasteiger partial charge in [0.2, 0.25) is 0 Å². The molecular formula is C17H25BrN2. The molecule has 0 aromatic heterocycles. The fourth-order valence-electron chi connectivity index (χ4n) is 2.71. The van der Waals surface area contributed by atoms with Crippen LogP contribution in [0.3, 0.4) is 0 Å². The lowest BCUT2D eigenvalue weighted by molar-refractivity contribution is 0.650. The minimum absolute atomic E-state index is 0.403. The molecule has 2 aliphatic carbocycles. The number of halogens is 1. The zero-order chi connectivity index (χ0) is 14.1. The van der Waals surface area contributed by atoms with Gasteiger partial charge in [-0.25, -0.2) is 0 Å². The first-order valence-corrected chi connectivity index (χ1v) is 8.68.